The molecule has 0 saturated heterocycles. The van der Waals surface area contributed by atoms with Crippen molar-refractivity contribution in [2.24, 2.45) is 0 Å². The van der Waals surface area contributed by atoms with Crippen LogP contribution in [-0.2, 0) is 14.3 Å². The Morgan fingerprint density at radius 1 is 1.50 bits per heavy atom. The Labute approximate surface area is 72.4 Å². The third-order valence-electron chi connectivity index (χ3n) is 1.62. The Balaban J connectivity index is 2.07. The van der Waals surface area contributed by atoms with Crippen molar-refractivity contribution in [2.45, 2.75) is 26.2 Å². The zero-order valence-electron chi connectivity index (χ0n) is 7.34. The van der Waals surface area contributed by atoms with Gasteiger partial charge in [-0.25, -0.2) is 0 Å². The lowest BCUT2D eigenvalue weighted by molar-refractivity contribution is -0.114. The van der Waals surface area contributed by atoms with Gasteiger partial charge in [-0.2, -0.15) is 0 Å². The van der Waals surface area contributed by atoms with E-state index in [1.165, 1.54) is 0 Å². The molecular weight excluding hydrogens is 156 g/mol. The maximum atomic E-state index is 10.7. The van der Waals surface area contributed by atoms with E-state index in [-0.39, 0.29) is 12.6 Å². The van der Waals surface area contributed by atoms with Crippen molar-refractivity contribution < 1.29 is 14.3 Å². The quantitative estimate of drug-likeness (QED) is 0.464. The maximum Gasteiger partial charge on any atom is 0.188 e. The monoisotopic (exact) mass is 170 g/mol. The maximum absolute atomic E-state index is 10.7. The summed E-state index contributed by atoms with van der Waals surface area (Å²) in [6.45, 7) is 3.02. The minimum atomic E-state index is 0.153. The predicted molar refractivity (Wildman–Crippen MR) is 44.5 cm³/mol. The third-order valence-corrected chi connectivity index (χ3v) is 1.62. The van der Waals surface area contributed by atoms with Gasteiger partial charge in [0.15, 0.2) is 12.6 Å². The number of hydrogen-bond acceptors (Lipinski definition) is 3. The van der Waals surface area contributed by atoms with Crippen molar-refractivity contribution in [3.05, 3.63) is 11.8 Å². The van der Waals surface area contributed by atoms with Gasteiger partial charge in [0.05, 0.1) is 6.61 Å². The standard InChI is InChI=1S/C9H14O3/c1-2-5-11-7-12-9-4-3-8(10)6-9/h6H,2-5,7H2,1H3. The summed E-state index contributed by atoms with van der Waals surface area (Å²) in [5.74, 6) is 0.914. The minimum absolute atomic E-state index is 0.153. The summed E-state index contributed by atoms with van der Waals surface area (Å²) in [5.41, 5.74) is 0. The van der Waals surface area contributed by atoms with E-state index >= 15 is 0 Å². The molecule has 3 nitrogen and oxygen atoms in total. The lowest BCUT2D eigenvalue weighted by atomic mass is 10.3. The molecule has 0 aromatic rings. The highest BCUT2D eigenvalue weighted by atomic mass is 16.7. The van der Waals surface area contributed by atoms with Crippen LogP contribution < -0.4 is 0 Å². The number of allylic oxidation sites excluding steroid dienone is 2. The van der Waals surface area contributed by atoms with Crippen molar-refractivity contribution in [3.8, 4) is 0 Å². The summed E-state index contributed by atoms with van der Waals surface area (Å²) in [5, 5.41) is 0. The smallest absolute Gasteiger partial charge is 0.188 e. The fourth-order valence-electron chi connectivity index (χ4n) is 1.00. The summed E-state index contributed by atoms with van der Waals surface area (Å²) >= 11 is 0. The van der Waals surface area contributed by atoms with Gasteiger partial charge in [0.25, 0.3) is 0 Å². The molecule has 12 heavy (non-hydrogen) atoms. The molecular formula is C9H14O3. The molecule has 0 atom stereocenters. The van der Waals surface area contributed by atoms with E-state index < -0.39 is 0 Å². The highest BCUT2D eigenvalue weighted by Crippen LogP contribution is 2.15. The van der Waals surface area contributed by atoms with E-state index in [1.807, 2.05) is 6.92 Å². The first-order chi connectivity index (χ1) is 5.83. The van der Waals surface area contributed by atoms with Gasteiger partial charge >= 0.3 is 0 Å². The molecule has 0 fully saturated rings. The molecule has 0 saturated carbocycles. The highest BCUT2D eigenvalue weighted by molar-refractivity contribution is 5.92. The Bertz CT molecular complexity index is 184. The van der Waals surface area contributed by atoms with Crippen molar-refractivity contribution in [1.29, 1.82) is 0 Å². The van der Waals surface area contributed by atoms with E-state index in [2.05, 4.69) is 0 Å². The van der Waals surface area contributed by atoms with Gasteiger partial charge in [-0.15, -0.1) is 0 Å². The third kappa shape index (κ3) is 3.05. The van der Waals surface area contributed by atoms with Crippen LogP contribution in [0.15, 0.2) is 11.8 Å². The summed E-state index contributed by atoms with van der Waals surface area (Å²) < 4.78 is 10.3. The fourth-order valence-corrected chi connectivity index (χ4v) is 1.00. The van der Waals surface area contributed by atoms with Gasteiger partial charge in [-0.05, 0) is 6.42 Å². The number of carbonyl (C=O) groups is 1. The largest absolute Gasteiger partial charge is 0.472 e. The first-order valence-corrected chi connectivity index (χ1v) is 4.27. The summed E-state index contributed by atoms with van der Waals surface area (Å²) in [7, 11) is 0. The van der Waals surface area contributed by atoms with Crippen molar-refractivity contribution in [3.63, 3.8) is 0 Å². The van der Waals surface area contributed by atoms with E-state index in [1.54, 1.807) is 6.08 Å². The van der Waals surface area contributed by atoms with Crippen LogP contribution in [0.25, 0.3) is 0 Å². The molecule has 0 N–H and O–H groups in total. The molecule has 0 aromatic carbocycles. The molecule has 0 bridgehead atoms. The number of carbonyl (C=O) groups excluding carboxylic acids is 1. The molecule has 3 heteroatoms. The first kappa shape index (κ1) is 9.26. The first-order valence-electron chi connectivity index (χ1n) is 4.27. The molecule has 1 rings (SSSR count). The molecule has 0 aliphatic heterocycles. The average molecular weight is 170 g/mol. The molecule has 0 amide bonds. The van der Waals surface area contributed by atoms with Crippen LogP contribution in [0.3, 0.4) is 0 Å². The second-order valence-electron chi connectivity index (χ2n) is 2.75. The zero-order valence-corrected chi connectivity index (χ0v) is 7.34. The Kier molecular flexibility index (Phi) is 3.80. The van der Waals surface area contributed by atoms with Gasteiger partial charge in [0.2, 0.25) is 0 Å². The normalized spacial score (nSPS) is 16.4. The topological polar surface area (TPSA) is 35.5 Å². The SMILES string of the molecule is CCCOCOC1=CC(=O)CC1. The van der Waals surface area contributed by atoms with E-state index in [4.69, 9.17) is 9.47 Å². The molecule has 68 valence electrons. The minimum Gasteiger partial charge on any atom is -0.472 e. The van der Waals surface area contributed by atoms with Gasteiger partial charge < -0.3 is 9.47 Å². The Morgan fingerprint density at radius 2 is 2.33 bits per heavy atom. The van der Waals surface area contributed by atoms with Crippen LogP contribution in [0.5, 0.6) is 0 Å². The molecule has 1 aliphatic carbocycles. The number of ether oxygens (including phenoxy) is 2. The Hall–Kier alpha value is -0.830. The summed E-state index contributed by atoms with van der Waals surface area (Å²) in [6.07, 6.45) is 3.86. The van der Waals surface area contributed by atoms with E-state index in [0.29, 0.717) is 13.0 Å². The lowest BCUT2D eigenvalue weighted by Gasteiger charge is -2.05. The fraction of sp³-hybridized carbons (Fsp3) is 0.667. The van der Waals surface area contributed by atoms with Gasteiger partial charge in [0.1, 0.15) is 5.76 Å². The van der Waals surface area contributed by atoms with Crippen molar-refractivity contribution >= 4 is 5.78 Å². The summed E-state index contributed by atoms with van der Waals surface area (Å²) in [6, 6.07) is 0. The van der Waals surface area contributed by atoms with Gasteiger partial charge in [-0.1, -0.05) is 6.92 Å². The second-order valence-corrected chi connectivity index (χ2v) is 2.75. The van der Waals surface area contributed by atoms with Crippen LogP contribution in [0, 0.1) is 0 Å². The average Bonchev–Trinajstić information content (AvgIpc) is 2.45. The summed E-state index contributed by atoms with van der Waals surface area (Å²) in [4.78, 5) is 10.7. The number of rotatable bonds is 5. The number of ketones is 1. The van der Waals surface area contributed by atoms with Crippen LogP contribution in [0.2, 0.25) is 0 Å². The van der Waals surface area contributed by atoms with Crippen LogP contribution >= 0.6 is 0 Å². The van der Waals surface area contributed by atoms with Gasteiger partial charge in [0, 0.05) is 18.9 Å². The molecule has 0 heterocycles. The molecule has 0 aromatic heterocycles. The predicted octanol–water partition coefficient (Wildman–Crippen LogP) is 1.63. The van der Waals surface area contributed by atoms with Crippen LogP contribution in [0.1, 0.15) is 26.2 Å². The Morgan fingerprint density at radius 3 is 2.92 bits per heavy atom. The molecule has 0 radical (unpaired) electrons. The van der Waals surface area contributed by atoms with Crippen LogP contribution in [0.4, 0.5) is 0 Å². The highest BCUT2D eigenvalue weighted by Gasteiger charge is 2.12. The van der Waals surface area contributed by atoms with Crippen LogP contribution in [-0.4, -0.2) is 19.2 Å². The molecule has 1 aliphatic rings. The molecule has 0 unspecified atom stereocenters. The van der Waals surface area contributed by atoms with Crippen molar-refractivity contribution in [1.82, 2.24) is 0 Å². The van der Waals surface area contributed by atoms with Crippen molar-refractivity contribution in [2.75, 3.05) is 13.4 Å². The van der Waals surface area contributed by atoms with Gasteiger partial charge in [-0.3, -0.25) is 4.79 Å². The number of hydrogen-bond donors (Lipinski definition) is 0. The molecule has 0 spiro atoms. The lowest BCUT2D eigenvalue weighted by Crippen LogP contribution is -1.99. The van der Waals surface area contributed by atoms with E-state index in [0.717, 1.165) is 18.6 Å². The second kappa shape index (κ2) is 4.93. The zero-order chi connectivity index (χ0) is 8.81. The van der Waals surface area contributed by atoms with E-state index in [9.17, 15) is 4.79 Å².